The van der Waals surface area contributed by atoms with Gasteiger partial charge < -0.3 is 0 Å². The third-order valence-electron chi connectivity index (χ3n) is 4.90. The van der Waals surface area contributed by atoms with E-state index in [9.17, 15) is 0 Å². The Labute approximate surface area is 165 Å². The van der Waals surface area contributed by atoms with Crippen LogP contribution in [0.2, 0.25) is 5.02 Å². The predicted octanol–water partition coefficient (Wildman–Crippen LogP) is 5.97. The highest BCUT2D eigenvalue weighted by molar-refractivity contribution is 7.17. The van der Waals surface area contributed by atoms with Crippen molar-refractivity contribution in [1.29, 1.82) is 0 Å². The van der Waals surface area contributed by atoms with Gasteiger partial charge in [-0.15, -0.1) is 11.3 Å². The van der Waals surface area contributed by atoms with Gasteiger partial charge in [-0.1, -0.05) is 23.7 Å². The van der Waals surface area contributed by atoms with Crippen molar-refractivity contribution in [3.8, 4) is 16.9 Å². The Balaban J connectivity index is 1.81. The van der Waals surface area contributed by atoms with E-state index < -0.39 is 0 Å². The third kappa shape index (κ3) is 2.62. The Morgan fingerprint density at radius 3 is 2.56 bits per heavy atom. The van der Waals surface area contributed by atoms with E-state index in [1.54, 1.807) is 17.7 Å². The molecule has 0 aliphatic rings. The molecule has 0 bridgehead atoms. The molecule has 3 heterocycles. The second-order valence-corrected chi connectivity index (χ2v) is 7.87. The van der Waals surface area contributed by atoms with Gasteiger partial charge in [-0.05, 0) is 54.8 Å². The average Bonchev–Trinajstić information content (AvgIpc) is 3.27. The number of nitrogens with zero attached hydrogens (tertiary/aromatic N) is 4. The zero-order valence-corrected chi connectivity index (χ0v) is 16.3. The molecule has 2 aromatic carbocycles. The summed E-state index contributed by atoms with van der Waals surface area (Å²) < 4.78 is 2.05. The van der Waals surface area contributed by atoms with E-state index >= 15 is 0 Å². The molecule has 0 saturated carbocycles. The number of hydrogen-bond acceptors (Lipinski definition) is 4. The zero-order chi connectivity index (χ0) is 18.5. The minimum absolute atomic E-state index is 0.723. The quantitative estimate of drug-likeness (QED) is 0.373. The number of imidazole rings is 1. The molecule has 0 N–H and O–H groups in total. The van der Waals surface area contributed by atoms with Gasteiger partial charge in [-0.25, -0.2) is 15.0 Å². The van der Waals surface area contributed by atoms with Crippen molar-refractivity contribution in [3.63, 3.8) is 0 Å². The molecular weight excluding hydrogens is 376 g/mol. The number of benzene rings is 2. The number of aryl methyl sites for hydroxylation is 2. The molecule has 132 valence electrons. The van der Waals surface area contributed by atoms with Gasteiger partial charge in [0.15, 0.2) is 5.82 Å². The number of thiophene rings is 1. The highest BCUT2D eigenvalue weighted by Gasteiger charge is 2.16. The molecule has 0 amide bonds. The number of hydrogen-bond donors (Lipinski definition) is 0. The maximum absolute atomic E-state index is 6.06. The SMILES string of the molecule is Cc1cc2ncn(-c3ncnc4scc(-c5ccc(Cl)cc5)c34)c2cc1C. The van der Waals surface area contributed by atoms with E-state index in [4.69, 9.17) is 11.6 Å². The van der Waals surface area contributed by atoms with Gasteiger partial charge in [-0.3, -0.25) is 4.57 Å². The molecule has 0 aliphatic heterocycles. The fourth-order valence-electron chi connectivity index (χ4n) is 3.32. The fourth-order valence-corrected chi connectivity index (χ4v) is 4.35. The van der Waals surface area contributed by atoms with E-state index in [1.807, 2.05) is 30.6 Å². The molecule has 0 saturated heterocycles. The van der Waals surface area contributed by atoms with Crippen molar-refractivity contribution < 1.29 is 0 Å². The van der Waals surface area contributed by atoms with Gasteiger partial charge >= 0.3 is 0 Å². The Bertz CT molecular complexity index is 1300. The van der Waals surface area contributed by atoms with Crippen molar-refractivity contribution >= 4 is 44.2 Å². The lowest BCUT2D eigenvalue weighted by molar-refractivity contribution is 1.02. The predicted molar refractivity (Wildman–Crippen MR) is 112 cm³/mol. The van der Waals surface area contributed by atoms with Crippen LogP contribution in [0.4, 0.5) is 0 Å². The largest absolute Gasteiger partial charge is 0.282 e. The van der Waals surface area contributed by atoms with Crippen molar-refractivity contribution in [1.82, 2.24) is 19.5 Å². The lowest BCUT2D eigenvalue weighted by Gasteiger charge is -2.08. The van der Waals surface area contributed by atoms with E-state index in [2.05, 4.69) is 50.9 Å². The maximum atomic E-state index is 6.06. The van der Waals surface area contributed by atoms with Crippen LogP contribution in [0.25, 0.3) is 38.2 Å². The highest BCUT2D eigenvalue weighted by atomic mass is 35.5. The molecule has 0 spiro atoms. The van der Waals surface area contributed by atoms with E-state index in [1.165, 1.54) is 11.1 Å². The van der Waals surface area contributed by atoms with Crippen LogP contribution in [0.1, 0.15) is 11.1 Å². The van der Waals surface area contributed by atoms with Crippen LogP contribution in [0.15, 0.2) is 54.4 Å². The van der Waals surface area contributed by atoms with Crippen LogP contribution < -0.4 is 0 Å². The first-order chi connectivity index (χ1) is 13.1. The molecule has 0 aliphatic carbocycles. The van der Waals surface area contributed by atoms with Crippen LogP contribution in [0.3, 0.4) is 0 Å². The van der Waals surface area contributed by atoms with Crippen LogP contribution in [0, 0.1) is 13.8 Å². The molecule has 27 heavy (non-hydrogen) atoms. The molecule has 6 heteroatoms. The van der Waals surface area contributed by atoms with Gasteiger partial charge in [0.25, 0.3) is 0 Å². The minimum Gasteiger partial charge on any atom is -0.282 e. The lowest BCUT2D eigenvalue weighted by Crippen LogP contribution is -1.98. The average molecular weight is 391 g/mol. The topological polar surface area (TPSA) is 43.6 Å². The lowest BCUT2D eigenvalue weighted by atomic mass is 10.1. The Kier molecular flexibility index (Phi) is 3.74. The molecule has 0 fully saturated rings. The zero-order valence-electron chi connectivity index (χ0n) is 14.8. The molecule has 3 aromatic heterocycles. The van der Waals surface area contributed by atoms with Crippen molar-refractivity contribution in [2.24, 2.45) is 0 Å². The molecule has 5 rings (SSSR count). The molecule has 0 unspecified atom stereocenters. The summed E-state index contributed by atoms with van der Waals surface area (Å²) in [5.74, 6) is 0.844. The smallest absolute Gasteiger partial charge is 0.151 e. The third-order valence-corrected chi connectivity index (χ3v) is 6.03. The summed E-state index contributed by atoms with van der Waals surface area (Å²) in [7, 11) is 0. The van der Waals surface area contributed by atoms with Gasteiger partial charge in [0.05, 0.1) is 16.4 Å². The first-order valence-corrected chi connectivity index (χ1v) is 9.80. The van der Waals surface area contributed by atoms with Crippen molar-refractivity contribution in [2.45, 2.75) is 13.8 Å². The van der Waals surface area contributed by atoms with Crippen molar-refractivity contribution in [2.75, 3.05) is 0 Å². The minimum atomic E-state index is 0.723. The fraction of sp³-hybridized carbons (Fsp3) is 0.0952. The van der Waals surface area contributed by atoms with E-state index in [0.717, 1.165) is 43.2 Å². The number of halogens is 1. The van der Waals surface area contributed by atoms with Gasteiger partial charge in [0.2, 0.25) is 0 Å². The molecule has 0 radical (unpaired) electrons. The van der Waals surface area contributed by atoms with E-state index in [0.29, 0.717) is 0 Å². The summed E-state index contributed by atoms with van der Waals surface area (Å²) in [5.41, 5.74) is 6.68. The normalized spacial score (nSPS) is 11.5. The standard InChI is InChI=1S/C21H15ClN4S/c1-12-7-17-18(8-13(12)2)26(11-25-17)20-19-16(9-27-21(19)24-10-23-20)14-3-5-15(22)6-4-14/h3-11H,1-2H3. The Hall–Kier alpha value is -2.76. The second-order valence-electron chi connectivity index (χ2n) is 6.57. The Morgan fingerprint density at radius 2 is 1.74 bits per heavy atom. The maximum Gasteiger partial charge on any atom is 0.151 e. The first kappa shape index (κ1) is 16.4. The second kappa shape index (κ2) is 6.15. The number of aromatic nitrogens is 4. The summed E-state index contributed by atoms with van der Waals surface area (Å²) in [6, 6.07) is 12.2. The van der Waals surface area contributed by atoms with Crippen LogP contribution in [-0.2, 0) is 0 Å². The van der Waals surface area contributed by atoms with E-state index in [-0.39, 0.29) is 0 Å². The summed E-state index contributed by atoms with van der Waals surface area (Å²) in [6.07, 6.45) is 3.46. The highest BCUT2D eigenvalue weighted by Crippen LogP contribution is 2.37. The Morgan fingerprint density at radius 1 is 0.963 bits per heavy atom. The van der Waals surface area contributed by atoms with Gasteiger partial charge in [0.1, 0.15) is 17.5 Å². The molecule has 5 aromatic rings. The molecule has 0 atom stereocenters. The summed E-state index contributed by atoms with van der Waals surface area (Å²) >= 11 is 7.68. The molecular formula is C21H15ClN4S. The van der Waals surface area contributed by atoms with Gasteiger partial charge in [0, 0.05) is 16.0 Å². The van der Waals surface area contributed by atoms with Crippen LogP contribution >= 0.6 is 22.9 Å². The number of rotatable bonds is 2. The number of fused-ring (bicyclic) bond motifs is 2. The summed E-state index contributed by atoms with van der Waals surface area (Å²) in [5, 5.41) is 3.88. The summed E-state index contributed by atoms with van der Waals surface area (Å²) in [4.78, 5) is 14.6. The van der Waals surface area contributed by atoms with Crippen molar-refractivity contribution in [3.05, 3.63) is 70.6 Å². The monoisotopic (exact) mass is 390 g/mol. The molecule has 4 nitrogen and oxygen atoms in total. The van der Waals surface area contributed by atoms with Gasteiger partial charge in [-0.2, -0.15) is 0 Å². The first-order valence-electron chi connectivity index (χ1n) is 8.54. The van der Waals surface area contributed by atoms with Crippen LogP contribution in [0.5, 0.6) is 0 Å². The summed E-state index contributed by atoms with van der Waals surface area (Å²) in [6.45, 7) is 4.22. The van der Waals surface area contributed by atoms with Crippen LogP contribution in [-0.4, -0.2) is 19.5 Å².